The van der Waals surface area contributed by atoms with Crippen molar-refractivity contribution >= 4 is 31.6 Å². The molecule has 0 radical (unpaired) electrons. The van der Waals surface area contributed by atoms with Gasteiger partial charge in [0.2, 0.25) is 10.0 Å². The molecule has 176 valence electrons. The molecule has 0 aliphatic rings. The highest BCUT2D eigenvalue weighted by molar-refractivity contribution is 7.89. The summed E-state index contributed by atoms with van der Waals surface area (Å²) in [6.07, 6.45) is 0. The number of fused-ring (bicyclic) bond motifs is 1. The van der Waals surface area contributed by atoms with Crippen molar-refractivity contribution in [2.24, 2.45) is 0 Å². The monoisotopic (exact) mass is 500 g/mol. The lowest BCUT2D eigenvalue weighted by atomic mass is 9.98. The Labute approximate surface area is 208 Å². The first-order chi connectivity index (χ1) is 16.9. The van der Waals surface area contributed by atoms with Gasteiger partial charge in [-0.1, -0.05) is 102 Å². The van der Waals surface area contributed by atoms with Crippen molar-refractivity contribution in [1.82, 2.24) is 9.29 Å². The molecule has 0 bridgehead atoms. The highest BCUT2D eigenvalue weighted by Gasteiger charge is 2.24. The van der Waals surface area contributed by atoms with Crippen LogP contribution < -0.4 is 9.60 Å². The minimum atomic E-state index is -3.88. The molecule has 35 heavy (non-hydrogen) atoms. The topological polar surface area (TPSA) is 68.2 Å². The summed E-state index contributed by atoms with van der Waals surface area (Å²) < 4.78 is 32.2. The zero-order valence-corrected chi connectivity index (χ0v) is 20.7. The average molecular weight is 501 g/mol. The molecule has 5 rings (SSSR count). The summed E-state index contributed by atoms with van der Waals surface area (Å²) in [4.78, 5) is 12.7. The predicted molar refractivity (Wildman–Crippen MR) is 141 cm³/mol. The largest absolute Gasteiger partial charge is 0.308 e. The summed E-state index contributed by atoms with van der Waals surface area (Å²) in [5.41, 5.74) is 4.49. The Bertz CT molecular complexity index is 1640. The molecule has 0 fully saturated rings. The standard InChI is InChI=1S/C28H24N2O3S2/c1-20-9-8-14-23(17-20)27(22-12-6-3-7-13-22)29-35(32,33)24-15-16-25-26(18-24)34-28(31)30(25)19-21-10-4-2-5-11-21/h2-18,27,29H,19H2,1H3/t27-/m0/s1. The van der Waals surface area contributed by atoms with E-state index < -0.39 is 16.1 Å². The van der Waals surface area contributed by atoms with Crippen LogP contribution in [0.3, 0.4) is 0 Å². The molecule has 0 amide bonds. The van der Waals surface area contributed by atoms with Crippen LogP contribution in [0, 0.1) is 6.92 Å². The number of sulfonamides is 1. The van der Waals surface area contributed by atoms with Crippen molar-refractivity contribution in [3.63, 3.8) is 0 Å². The summed E-state index contributed by atoms with van der Waals surface area (Å²) >= 11 is 1.06. The molecular weight excluding hydrogens is 476 g/mol. The van der Waals surface area contributed by atoms with Gasteiger partial charge in [-0.2, -0.15) is 4.72 Å². The van der Waals surface area contributed by atoms with Gasteiger partial charge in [-0.05, 0) is 41.8 Å². The van der Waals surface area contributed by atoms with Crippen LogP contribution in [0.1, 0.15) is 28.3 Å². The second kappa shape index (κ2) is 9.62. The fraction of sp³-hybridized carbons (Fsp3) is 0.107. The Hall–Kier alpha value is -3.52. The summed E-state index contributed by atoms with van der Waals surface area (Å²) in [5.74, 6) is 0. The molecular formula is C28H24N2O3S2. The van der Waals surface area contributed by atoms with E-state index in [1.165, 1.54) is 0 Å². The van der Waals surface area contributed by atoms with Crippen LogP contribution in [0.15, 0.2) is 113 Å². The Morgan fingerprint density at radius 2 is 1.51 bits per heavy atom. The van der Waals surface area contributed by atoms with Crippen LogP contribution in [0.2, 0.25) is 0 Å². The molecule has 5 aromatic rings. The Morgan fingerprint density at radius 1 is 0.829 bits per heavy atom. The van der Waals surface area contributed by atoms with Crippen LogP contribution in [-0.2, 0) is 16.6 Å². The second-order valence-corrected chi connectivity index (χ2v) is 11.2. The van der Waals surface area contributed by atoms with E-state index in [1.54, 1.807) is 22.8 Å². The third-order valence-corrected chi connectivity index (χ3v) is 8.28. The van der Waals surface area contributed by atoms with Gasteiger partial charge in [0.05, 0.1) is 27.7 Å². The maximum Gasteiger partial charge on any atom is 0.308 e. The molecule has 1 atom stereocenters. The van der Waals surface area contributed by atoms with Crippen molar-refractivity contribution in [2.45, 2.75) is 24.4 Å². The van der Waals surface area contributed by atoms with E-state index >= 15 is 0 Å². The molecule has 0 saturated heterocycles. The lowest BCUT2D eigenvalue weighted by Crippen LogP contribution is -2.29. The van der Waals surface area contributed by atoms with Crippen LogP contribution in [-0.4, -0.2) is 13.0 Å². The number of aryl methyl sites for hydroxylation is 1. The van der Waals surface area contributed by atoms with Crippen molar-refractivity contribution < 1.29 is 8.42 Å². The molecule has 0 aliphatic heterocycles. The maximum absolute atomic E-state index is 13.5. The molecule has 1 aromatic heterocycles. The molecule has 0 unspecified atom stereocenters. The Kier molecular flexibility index (Phi) is 6.38. The van der Waals surface area contributed by atoms with E-state index in [-0.39, 0.29) is 9.77 Å². The van der Waals surface area contributed by atoms with E-state index in [0.29, 0.717) is 11.2 Å². The molecule has 0 saturated carbocycles. The quantitative estimate of drug-likeness (QED) is 0.321. The molecule has 0 spiro atoms. The van der Waals surface area contributed by atoms with Gasteiger partial charge >= 0.3 is 4.87 Å². The van der Waals surface area contributed by atoms with Crippen LogP contribution in [0.5, 0.6) is 0 Å². The first kappa shape index (κ1) is 23.2. The van der Waals surface area contributed by atoms with Gasteiger partial charge in [-0.25, -0.2) is 8.42 Å². The molecule has 1 N–H and O–H groups in total. The van der Waals surface area contributed by atoms with Gasteiger partial charge in [0, 0.05) is 0 Å². The Morgan fingerprint density at radius 3 is 2.23 bits per heavy atom. The Balaban J connectivity index is 1.51. The molecule has 4 aromatic carbocycles. The van der Waals surface area contributed by atoms with Crippen LogP contribution in [0.25, 0.3) is 10.2 Å². The third kappa shape index (κ3) is 4.98. The van der Waals surface area contributed by atoms with Gasteiger partial charge in [0.1, 0.15) is 0 Å². The zero-order valence-electron chi connectivity index (χ0n) is 19.1. The smallest absolute Gasteiger partial charge is 0.294 e. The zero-order chi connectivity index (χ0) is 24.4. The molecule has 5 nitrogen and oxygen atoms in total. The second-order valence-electron chi connectivity index (χ2n) is 8.45. The summed E-state index contributed by atoms with van der Waals surface area (Å²) in [6.45, 7) is 2.42. The number of hydrogen-bond donors (Lipinski definition) is 1. The van der Waals surface area contributed by atoms with Crippen LogP contribution >= 0.6 is 11.3 Å². The van der Waals surface area contributed by atoms with E-state index in [0.717, 1.165) is 39.1 Å². The fourth-order valence-corrected chi connectivity index (χ4v) is 6.42. The van der Waals surface area contributed by atoms with Crippen LogP contribution in [0.4, 0.5) is 0 Å². The minimum absolute atomic E-state index is 0.117. The number of aromatic nitrogens is 1. The van der Waals surface area contributed by atoms with Gasteiger partial charge in [0.25, 0.3) is 0 Å². The first-order valence-corrected chi connectivity index (χ1v) is 13.5. The van der Waals surface area contributed by atoms with E-state index in [2.05, 4.69) is 4.72 Å². The number of hydrogen-bond acceptors (Lipinski definition) is 4. The summed E-state index contributed by atoms with van der Waals surface area (Å²) in [7, 11) is -3.88. The molecule has 1 heterocycles. The highest BCUT2D eigenvalue weighted by atomic mass is 32.2. The first-order valence-electron chi connectivity index (χ1n) is 11.2. The fourth-order valence-electron chi connectivity index (χ4n) is 4.18. The lowest BCUT2D eigenvalue weighted by Gasteiger charge is -2.20. The third-order valence-electron chi connectivity index (χ3n) is 5.91. The van der Waals surface area contributed by atoms with E-state index in [4.69, 9.17) is 0 Å². The van der Waals surface area contributed by atoms with Crippen molar-refractivity contribution in [2.75, 3.05) is 0 Å². The van der Waals surface area contributed by atoms with Gasteiger partial charge in [0.15, 0.2) is 0 Å². The lowest BCUT2D eigenvalue weighted by molar-refractivity contribution is 0.572. The molecule has 0 aliphatic carbocycles. The van der Waals surface area contributed by atoms with Crippen molar-refractivity contribution in [1.29, 1.82) is 0 Å². The normalized spacial score (nSPS) is 12.6. The van der Waals surface area contributed by atoms with E-state index in [9.17, 15) is 13.2 Å². The maximum atomic E-state index is 13.5. The number of nitrogens with zero attached hydrogens (tertiary/aromatic N) is 1. The summed E-state index contributed by atoms with van der Waals surface area (Å²) in [5, 5.41) is 0. The van der Waals surface area contributed by atoms with Gasteiger partial charge < -0.3 is 0 Å². The minimum Gasteiger partial charge on any atom is -0.294 e. The van der Waals surface area contributed by atoms with Gasteiger partial charge in [-0.3, -0.25) is 9.36 Å². The number of nitrogens with one attached hydrogen (secondary N) is 1. The van der Waals surface area contributed by atoms with Crippen molar-refractivity contribution in [3.8, 4) is 0 Å². The number of rotatable bonds is 7. The SMILES string of the molecule is Cc1cccc([C@@H](NS(=O)(=O)c2ccc3c(c2)sc(=O)n3Cc2ccccc2)c2ccccc2)c1. The van der Waals surface area contributed by atoms with Crippen molar-refractivity contribution in [3.05, 3.63) is 135 Å². The summed E-state index contributed by atoms with van der Waals surface area (Å²) in [6, 6.07) is 31.4. The average Bonchev–Trinajstić information content (AvgIpc) is 3.18. The highest BCUT2D eigenvalue weighted by Crippen LogP contribution is 2.27. The predicted octanol–water partition coefficient (Wildman–Crippen LogP) is 5.49. The van der Waals surface area contributed by atoms with E-state index in [1.807, 2.05) is 91.9 Å². The van der Waals surface area contributed by atoms with Gasteiger partial charge in [-0.15, -0.1) is 0 Å². The molecule has 7 heteroatoms. The number of thiazole rings is 1. The number of benzene rings is 4.